The summed E-state index contributed by atoms with van der Waals surface area (Å²) in [6.07, 6.45) is -1.72. The van der Waals surface area contributed by atoms with Gasteiger partial charge in [-0.2, -0.15) is 0 Å². The Bertz CT molecular complexity index is 317. The average molecular weight is 242 g/mol. The van der Waals surface area contributed by atoms with Crippen LogP contribution >= 0.6 is 0 Å². The van der Waals surface area contributed by atoms with Gasteiger partial charge in [-0.15, -0.1) is 0 Å². The van der Waals surface area contributed by atoms with Crippen molar-refractivity contribution in [2.45, 2.75) is 43.4 Å². The lowest BCUT2D eigenvalue weighted by Gasteiger charge is -2.29. The van der Waals surface area contributed by atoms with Crippen LogP contribution in [0.3, 0.4) is 0 Å². The number of halogens is 2. The molecule has 1 saturated carbocycles. The maximum absolute atomic E-state index is 12.7. The second kappa shape index (κ2) is 4.31. The Morgan fingerprint density at radius 2 is 2.07 bits per heavy atom. The largest absolute Gasteiger partial charge is 0.330 e. The molecule has 0 aromatic carbocycles. The van der Waals surface area contributed by atoms with Crippen LogP contribution < -0.4 is 10.5 Å². The minimum Gasteiger partial charge on any atom is -0.330 e. The van der Waals surface area contributed by atoms with Gasteiger partial charge in [-0.3, -0.25) is 0 Å². The normalized spacial score (nSPS) is 21.7. The van der Waals surface area contributed by atoms with Crippen molar-refractivity contribution < 1.29 is 17.2 Å². The first-order valence-corrected chi connectivity index (χ1v) is 6.37. The standard InChI is InChI=1S/C8H16F2N2O2S/c1-8(4-5-11,7(9)10)12-15(13,14)6-2-3-6/h6-7,12H,2-5,11H2,1H3. The van der Waals surface area contributed by atoms with Crippen molar-refractivity contribution in [3.63, 3.8) is 0 Å². The number of alkyl halides is 2. The summed E-state index contributed by atoms with van der Waals surface area (Å²) in [4.78, 5) is 0. The number of hydrogen-bond donors (Lipinski definition) is 2. The Kier molecular flexibility index (Phi) is 3.67. The van der Waals surface area contributed by atoms with E-state index >= 15 is 0 Å². The molecule has 0 spiro atoms. The minimum atomic E-state index is -3.60. The summed E-state index contributed by atoms with van der Waals surface area (Å²) in [5, 5.41) is -0.492. The van der Waals surface area contributed by atoms with Crippen LogP contribution in [0.15, 0.2) is 0 Å². The molecule has 0 heterocycles. The smallest absolute Gasteiger partial charge is 0.257 e. The average Bonchev–Trinajstić information content (AvgIpc) is 2.84. The number of rotatable bonds is 6. The Morgan fingerprint density at radius 3 is 2.40 bits per heavy atom. The molecule has 0 radical (unpaired) electrons. The van der Waals surface area contributed by atoms with E-state index < -0.39 is 27.2 Å². The van der Waals surface area contributed by atoms with Crippen molar-refractivity contribution in [2.75, 3.05) is 6.54 Å². The summed E-state index contributed by atoms with van der Waals surface area (Å²) in [5.41, 5.74) is 3.45. The second-order valence-electron chi connectivity index (χ2n) is 4.10. The molecule has 0 aromatic heterocycles. The zero-order chi connectivity index (χ0) is 11.7. The van der Waals surface area contributed by atoms with E-state index in [1.165, 1.54) is 6.92 Å². The highest BCUT2D eigenvalue weighted by Crippen LogP contribution is 2.30. The van der Waals surface area contributed by atoms with E-state index in [1.54, 1.807) is 0 Å². The van der Waals surface area contributed by atoms with Crippen LogP contribution in [0, 0.1) is 0 Å². The second-order valence-corrected chi connectivity index (χ2v) is 6.06. The molecule has 90 valence electrons. The van der Waals surface area contributed by atoms with E-state index in [0.29, 0.717) is 12.8 Å². The summed E-state index contributed by atoms with van der Waals surface area (Å²) >= 11 is 0. The lowest BCUT2D eigenvalue weighted by Crippen LogP contribution is -2.53. The van der Waals surface area contributed by atoms with E-state index in [1.807, 2.05) is 0 Å². The topological polar surface area (TPSA) is 72.2 Å². The van der Waals surface area contributed by atoms with Crippen molar-refractivity contribution in [2.24, 2.45) is 5.73 Å². The highest BCUT2D eigenvalue weighted by atomic mass is 32.2. The fourth-order valence-electron chi connectivity index (χ4n) is 1.29. The number of nitrogens with one attached hydrogen (secondary N) is 1. The lowest BCUT2D eigenvalue weighted by molar-refractivity contribution is 0.0502. The SMILES string of the molecule is CC(CCN)(NS(=O)(=O)C1CC1)C(F)F. The third-order valence-electron chi connectivity index (χ3n) is 2.48. The van der Waals surface area contributed by atoms with Gasteiger partial charge >= 0.3 is 0 Å². The van der Waals surface area contributed by atoms with Crippen LogP contribution in [0.25, 0.3) is 0 Å². The maximum Gasteiger partial charge on any atom is 0.257 e. The van der Waals surface area contributed by atoms with E-state index in [2.05, 4.69) is 4.72 Å². The molecule has 1 atom stereocenters. The van der Waals surface area contributed by atoms with Gasteiger partial charge in [0.2, 0.25) is 10.0 Å². The summed E-state index contributed by atoms with van der Waals surface area (Å²) in [6, 6.07) is 0. The Morgan fingerprint density at radius 1 is 1.53 bits per heavy atom. The van der Waals surface area contributed by atoms with Gasteiger partial charge in [0.05, 0.1) is 10.8 Å². The summed E-state index contributed by atoms with van der Waals surface area (Å²) < 4.78 is 50.5. The van der Waals surface area contributed by atoms with Crippen LogP contribution in [0.5, 0.6) is 0 Å². The molecule has 1 rings (SSSR count). The number of nitrogens with two attached hydrogens (primary N) is 1. The van der Waals surface area contributed by atoms with Crippen molar-refractivity contribution in [3.8, 4) is 0 Å². The van der Waals surface area contributed by atoms with E-state index in [0.717, 1.165) is 0 Å². The molecule has 0 amide bonds. The predicted octanol–water partition coefficient (Wildman–Crippen LogP) is 0.441. The van der Waals surface area contributed by atoms with E-state index in [4.69, 9.17) is 5.73 Å². The molecule has 0 saturated heterocycles. The van der Waals surface area contributed by atoms with Gasteiger partial charge in [0.1, 0.15) is 0 Å². The molecule has 4 nitrogen and oxygen atoms in total. The molecule has 7 heteroatoms. The molecule has 3 N–H and O–H groups in total. The Hall–Kier alpha value is -0.270. The third kappa shape index (κ3) is 3.09. The van der Waals surface area contributed by atoms with E-state index in [9.17, 15) is 17.2 Å². The highest BCUT2D eigenvalue weighted by molar-refractivity contribution is 7.90. The van der Waals surface area contributed by atoms with Crippen LogP contribution in [0.4, 0.5) is 8.78 Å². The molecule has 15 heavy (non-hydrogen) atoms. The zero-order valence-electron chi connectivity index (χ0n) is 8.54. The zero-order valence-corrected chi connectivity index (χ0v) is 9.36. The third-order valence-corrected chi connectivity index (χ3v) is 4.58. The van der Waals surface area contributed by atoms with Crippen molar-refractivity contribution in [1.29, 1.82) is 0 Å². The van der Waals surface area contributed by atoms with Gasteiger partial charge in [0.25, 0.3) is 6.43 Å². The summed E-state index contributed by atoms with van der Waals surface area (Å²) in [5.74, 6) is 0. The van der Waals surface area contributed by atoms with Crippen molar-refractivity contribution in [1.82, 2.24) is 4.72 Å². The van der Waals surface area contributed by atoms with Gasteiger partial charge in [-0.1, -0.05) is 0 Å². The minimum absolute atomic E-state index is 0.0219. The summed E-state index contributed by atoms with van der Waals surface area (Å²) in [7, 11) is -3.60. The molecule has 1 aliphatic carbocycles. The quantitative estimate of drug-likeness (QED) is 0.710. The maximum atomic E-state index is 12.7. The van der Waals surface area contributed by atoms with Crippen molar-refractivity contribution in [3.05, 3.63) is 0 Å². The number of hydrogen-bond acceptors (Lipinski definition) is 3. The van der Waals surface area contributed by atoms with Crippen molar-refractivity contribution >= 4 is 10.0 Å². The lowest BCUT2D eigenvalue weighted by atomic mass is 10.0. The molecule has 0 aliphatic heterocycles. The fourth-order valence-corrected chi connectivity index (χ4v) is 3.06. The van der Waals surface area contributed by atoms with E-state index in [-0.39, 0.29) is 13.0 Å². The fraction of sp³-hybridized carbons (Fsp3) is 1.00. The highest BCUT2D eigenvalue weighted by Gasteiger charge is 2.44. The van der Waals surface area contributed by atoms with Crippen LogP contribution in [-0.2, 0) is 10.0 Å². The van der Waals surface area contributed by atoms with Gasteiger partial charge in [0, 0.05) is 0 Å². The molecule has 0 aromatic rings. The van der Waals surface area contributed by atoms with Crippen LogP contribution in [-0.4, -0.2) is 32.2 Å². The number of sulfonamides is 1. The predicted molar refractivity (Wildman–Crippen MR) is 53.2 cm³/mol. The molecule has 1 unspecified atom stereocenters. The molecular formula is C8H16F2N2O2S. The Balaban J connectivity index is 2.74. The Labute approximate surface area is 88.3 Å². The van der Waals surface area contributed by atoms with Gasteiger partial charge < -0.3 is 5.73 Å². The first kappa shape index (κ1) is 12.8. The molecule has 1 fully saturated rings. The van der Waals surface area contributed by atoms with Gasteiger partial charge in [-0.05, 0) is 32.7 Å². The first-order chi connectivity index (χ1) is 6.82. The molecular weight excluding hydrogens is 226 g/mol. The summed E-state index contributed by atoms with van der Waals surface area (Å²) in [6.45, 7) is 1.21. The molecule has 1 aliphatic rings. The molecule has 0 bridgehead atoms. The first-order valence-electron chi connectivity index (χ1n) is 4.83. The van der Waals surface area contributed by atoms with Crippen LogP contribution in [0.1, 0.15) is 26.2 Å². The van der Waals surface area contributed by atoms with Crippen LogP contribution in [0.2, 0.25) is 0 Å². The monoisotopic (exact) mass is 242 g/mol. The van der Waals surface area contributed by atoms with Gasteiger partial charge in [-0.25, -0.2) is 21.9 Å². The van der Waals surface area contributed by atoms with Gasteiger partial charge in [0.15, 0.2) is 0 Å².